The van der Waals surface area contributed by atoms with Crippen LogP contribution in [0.2, 0.25) is 0 Å². The Morgan fingerprint density at radius 1 is 1.26 bits per heavy atom. The lowest BCUT2D eigenvalue weighted by Crippen LogP contribution is -2.46. The maximum atomic E-state index is 12.4. The van der Waals surface area contributed by atoms with Crippen LogP contribution < -0.4 is 5.32 Å². The highest BCUT2D eigenvalue weighted by molar-refractivity contribution is 7.91. The van der Waals surface area contributed by atoms with E-state index in [1.807, 2.05) is 0 Å². The molecule has 1 aliphatic rings. The van der Waals surface area contributed by atoms with Crippen LogP contribution in [0.3, 0.4) is 0 Å². The second-order valence-electron chi connectivity index (χ2n) is 4.72. The van der Waals surface area contributed by atoms with Gasteiger partial charge in [0, 0.05) is 11.6 Å². The molecule has 0 aliphatic heterocycles. The van der Waals surface area contributed by atoms with Crippen molar-refractivity contribution in [1.82, 2.24) is 0 Å². The van der Waals surface area contributed by atoms with E-state index in [-0.39, 0.29) is 10.4 Å². The summed E-state index contributed by atoms with van der Waals surface area (Å²) in [5.74, 6) is -2.93. The van der Waals surface area contributed by atoms with Gasteiger partial charge in [-0.1, -0.05) is 0 Å². The quantitative estimate of drug-likeness (QED) is 0.849. The Hall–Kier alpha value is -0.880. The SMILES string of the molecule is O=S(=O)(c1ccc(NC2(CCl)CCC2)cc1)C(F)F. The predicted molar refractivity (Wildman–Crippen MR) is 70.6 cm³/mol. The molecule has 7 heteroatoms. The van der Waals surface area contributed by atoms with E-state index in [4.69, 9.17) is 11.6 Å². The monoisotopic (exact) mass is 309 g/mol. The van der Waals surface area contributed by atoms with Crippen molar-refractivity contribution >= 4 is 27.1 Å². The average molecular weight is 310 g/mol. The molecule has 19 heavy (non-hydrogen) atoms. The average Bonchev–Trinajstić information content (AvgIpc) is 2.34. The minimum absolute atomic E-state index is 0.148. The molecular weight excluding hydrogens is 296 g/mol. The number of rotatable bonds is 5. The summed E-state index contributed by atoms with van der Waals surface area (Å²) < 4.78 is 47.3. The fourth-order valence-electron chi connectivity index (χ4n) is 2.03. The standard InChI is InChI=1S/C12H14ClF2NO2S/c13-8-12(6-1-7-12)16-9-2-4-10(5-3-9)19(17,18)11(14)15/h2-5,11,16H,1,6-8H2. The first kappa shape index (κ1) is 14.5. The number of anilines is 1. The summed E-state index contributed by atoms with van der Waals surface area (Å²) in [4.78, 5) is -0.374. The third-order valence-corrected chi connectivity index (χ3v) is 5.30. The molecule has 0 radical (unpaired) electrons. The van der Waals surface area contributed by atoms with Crippen LogP contribution in [0.1, 0.15) is 19.3 Å². The Balaban J connectivity index is 2.15. The Labute approximate surface area is 115 Å². The number of hydrogen-bond donors (Lipinski definition) is 1. The van der Waals surface area contributed by atoms with Crippen molar-refractivity contribution in [3.05, 3.63) is 24.3 Å². The molecular formula is C12H14ClF2NO2S. The van der Waals surface area contributed by atoms with Gasteiger partial charge in [0.05, 0.1) is 10.4 Å². The van der Waals surface area contributed by atoms with E-state index in [9.17, 15) is 17.2 Å². The highest BCUT2D eigenvalue weighted by atomic mass is 35.5. The molecule has 3 nitrogen and oxygen atoms in total. The molecule has 0 heterocycles. The van der Waals surface area contributed by atoms with E-state index in [2.05, 4.69) is 5.32 Å². The van der Waals surface area contributed by atoms with Gasteiger partial charge in [0.25, 0.3) is 0 Å². The van der Waals surface area contributed by atoms with Gasteiger partial charge in [0.1, 0.15) is 0 Å². The molecule has 0 spiro atoms. The normalized spacial score (nSPS) is 18.1. The van der Waals surface area contributed by atoms with Crippen LogP contribution in [0.4, 0.5) is 14.5 Å². The first-order chi connectivity index (χ1) is 8.89. The summed E-state index contributed by atoms with van der Waals surface area (Å²) >= 11 is 5.90. The van der Waals surface area contributed by atoms with Gasteiger partial charge in [-0.25, -0.2) is 8.42 Å². The maximum absolute atomic E-state index is 12.4. The zero-order valence-electron chi connectivity index (χ0n) is 10.1. The summed E-state index contributed by atoms with van der Waals surface area (Å²) in [6, 6.07) is 5.35. The fraction of sp³-hybridized carbons (Fsp3) is 0.500. The smallest absolute Gasteiger partial charge is 0.341 e. The van der Waals surface area contributed by atoms with Crippen LogP contribution in [-0.2, 0) is 9.84 Å². The lowest BCUT2D eigenvalue weighted by molar-refractivity contribution is 0.234. The lowest BCUT2D eigenvalue weighted by Gasteiger charge is -2.42. The van der Waals surface area contributed by atoms with Crippen molar-refractivity contribution < 1.29 is 17.2 Å². The molecule has 1 aromatic carbocycles. The summed E-state index contributed by atoms with van der Waals surface area (Å²) in [5, 5.41) is 3.24. The Kier molecular flexibility index (Phi) is 4.01. The molecule has 106 valence electrons. The molecule has 0 bridgehead atoms. The van der Waals surface area contributed by atoms with Gasteiger partial charge in [-0.15, -0.1) is 11.6 Å². The van der Waals surface area contributed by atoms with E-state index in [0.717, 1.165) is 19.3 Å². The largest absolute Gasteiger partial charge is 0.378 e. The third kappa shape index (κ3) is 2.84. The van der Waals surface area contributed by atoms with Crippen molar-refractivity contribution in [2.75, 3.05) is 11.2 Å². The number of nitrogens with one attached hydrogen (secondary N) is 1. The van der Waals surface area contributed by atoms with Crippen molar-refractivity contribution in [3.8, 4) is 0 Å². The topological polar surface area (TPSA) is 46.2 Å². The van der Waals surface area contributed by atoms with Crippen LogP contribution in [0, 0.1) is 0 Å². The third-order valence-electron chi connectivity index (χ3n) is 3.39. The van der Waals surface area contributed by atoms with Crippen LogP contribution >= 0.6 is 11.6 Å². The zero-order chi connectivity index (χ0) is 14.1. The summed E-state index contributed by atoms with van der Waals surface area (Å²) in [5.41, 5.74) is 0.540. The molecule has 1 fully saturated rings. The van der Waals surface area contributed by atoms with E-state index >= 15 is 0 Å². The Morgan fingerprint density at radius 2 is 1.84 bits per heavy atom. The van der Waals surface area contributed by atoms with Crippen molar-refractivity contribution in [3.63, 3.8) is 0 Å². The minimum atomic E-state index is -4.52. The molecule has 0 saturated heterocycles. The van der Waals surface area contributed by atoms with Crippen LogP contribution in [0.25, 0.3) is 0 Å². The van der Waals surface area contributed by atoms with Gasteiger partial charge >= 0.3 is 5.76 Å². The number of benzene rings is 1. The second kappa shape index (κ2) is 5.25. The summed E-state index contributed by atoms with van der Waals surface area (Å²) in [6.45, 7) is 0. The number of hydrogen-bond acceptors (Lipinski definition) is 3. The van der Waals surface area contributed by atoms with E-state index in [1.165, 1.54) is 24.3 Å². The second-order valence-corrected chi connectivity index (χ2v) is 6.91. The van der Waals surface area contributed by atoms with E-state index in [1.54, 1.807) is 0 Å². The first-order valence-electron chi connectivity index (χ1n) is 5.86. The minimum Gasteiger partial charge on any atom is -0.378 e. The molecule has 1 saturated carbocycles. The zero-order valence-corrected chi connectivity index (χ0v) is 11.6. The molecule has 2 rings (SSSR count). The first-order valence-corrected chi connectivity index (χ1v) is 7.94. The van der Waals surface area contributed by atoms with Crippen LogP contribution in [-0.4, -0.2) is 25.6 Å². The van der Waals surface area contributed by atoms with Gasteiger partial charge in [0.2, 0.25) is 9.84 Å². The van der Waals surface area contributed by atoms with Gasteiger partial charge in [0.15, 0.2) is 0 Å². The number of halogens is 3. The van der Waals surface area contributed by atoms with Gasteiger partial charge < -0.3 is 5.32 Å². The van der Waals surface area contributed by atoms with Gasteiger partial charge in [-0.2, -0.15) is 8.78 Å². The van der Waals surface area contributed by atoms with Crippen molar-refractivity contribution in [2.45, 2.75) is 35.5 Å². The molecule has 1 aliphatic carbocycles. The van der Waals surface area contributed by atoms with Crippen LogP contribution in [0.15, 0.2) is 29.2 Å². The molecule has 0 unspecified atom stereocenters. The highest BCUT2D eigenvalue weighted by Crippen LogP contribution is 2.36. The summed E-state index contributed by atoms with van der Waals surface area (Å²) in [6.07, 6.45) is 3.00. The van der Waals surface area contributed by atoms with E-state index in [0.29, 0.717) is 11.6 Å². The number of alkyl halides is 3. The molecule has 0 amide bonds. The van der Waals surface area contributed by atoms with Crippen molar-refractivity contribution in [1.29, 1.82) is 0 Å². The maximum Gasteiger partial charge on any atom is 0.341 e. The van der Waals surface area contributed by atoms with E-state index < -0.39 is 15.6 Å². The van der Waals surface area contributed by atoms with Crippen LogP contribution in [0.5, 0.6) is 0 Å². The molecule has 1 N–H and O–H groups in total. The van der Waals surface area contributed by atoms with Crippen molar-refractivity contribution in [2.24, 2.45) is 0 Å². The molecule has 1 aromatic rings. The highest BCUT2D eigenvalue weighted by Gasteiger charge is 2.36. The van der Waals surface area contributed by atoms with Gasteiger partial charge in [-0.3, -0.25) is 0 Å². The lowest BCUT2D eigenvalue weighted by atomic mass is 9.78. The van der Waals surface area contributed by atoms with Gasteiger partial charge in [-0.05, 0) is 43.5 Å². The Morgan fingerprint density at radius 3 is 2.21 bits per heavy atom. The predicted octanol–water partition coefficient (Wildman–Crippen LogP) is 3.26. The summed E-state index contributed by atoms with van der Waals surface area (Å²) in [7, 11) is -4.52. The molecule has 0 atom stereocenters. The fourth-order valence-corrected chi connectivity index (χ4v) is 3.09. The number of sulfone groups is 1. The Bertz CT molecular complexity index is 536. The molecule has 0 aromatic heterocycles.